The van der Waals surface area contributed by atoms with Crippen LogP contribution in [0.5, 0.6) is 0 Å². The van der Waals surface area contributed by atoms with Crippen molar-refractivity contribution in [2.75, 3.05) is 6.54 Å². The molecule has 0 saturated carbocycles. The van der Waals surface area contributed by atoms with E-state index in [2.05, 4.69) is 45.0 Å². The van der Waals surface area contributed by atoms with E-state index in [9.17, 15) is 22.8 Å². The van der Waals surface area contributed by atoms with Crippen LogP contribution < -0.4 is 10.4 Å². The Hall–Kier alpha value is -2.85. The first kappa shape index (κ1) is 30.6. The van der Waals surface area contributed by atoms with Gasteiger partial charge in [0.1, 0.15) is 12.0 Å². The van der Waals surface area contributed by atoms with Crippen LogP contribution in [0.1, 0.15) is 60.8 Å². The Morgan fingerprint density at radius 2 is 1.38 bits per heavy atom. The summed E-state index contributed by atoms with van der Waals surface area (Å²) >= 11 is 0. The number of nitrogens with zero attached hydrogens (tertiary/aromatic N) is 2. The van der Waals surface area contributed by atoms with Crippen molar-refractivity contribution in [1.29, 1.82) is 0 Å². The number of fused-ring (bicyclic) bond motifs is 2. The van der Waals surface area contributed by atoms with Crippen LogP contribution in [0.25, 0.3) is 0 Å². The molecule has 3 saturated heterocycles. The fraction of sp³-hybridized carbons (Fsp3) is 0.562. The second kappa shape index (κ2) is 10.7. The minimum Gasteiger partial charge on any atom is -0.444 e. The number of hydrogen-bond acceptors (Lipinski definition) is 4. The Balaban J connectivity index is 1.66. The highest BCUT2D eigenvalue weighted by Gasteiger charge is 2.65. The predicted molar refractivity (Wildman–Crippen MR) is 157 cm³/mol. The average Bonchev–Trinajstić information content (AvgIpc) is 2.98. The van der Waals surface area contributed by atoms with Crippen molar-refractivity contribution in [3.8, 4) is 0 Å². The van der Waals surface area contributed by atoms with Crippen molar-refractivity contribution < 1.29 is 31.9 Å². The van der Waals surface area contributed by atoms with E-state index in [1.54, 1.807) is 25.7 Å². The molecule has 0 aromatic heterocycles. The van der Waals surface area contributed by atoms with E-state index >= 15 is 0 Å². The molecule has 3 bridgehead atoms. The lowest BCUT2D eigenvalue weighted by Gasteiger charge is -2.47. The summed E-state index contributed by atoms with van der Waals surface area (Å²) < 4.78 is 53.9. The third-order valence-electron chi connectivity index (χ3n) is 8.80. The van der Waals surface area contributed by atoms with Gasteiger partial charge in [-0.15, -0.1) is 0 Å². The summed E-state index contributed by atoms with van der Waals surface area (Å²) in [5.74, 6) is -0.996. The summed E-state index contributed by atoms with van der Waals surface area (Å²) in [5, 5.41) is 1.65. The Labute approximate surface area is 247 Å². The molecule has 0 unspecified atom stereocenters. The first-order valence-corrected chi connectivity index (χ1v) is 16.6. The van der Waals surface area contributed by atoms with Gasteiger partial charge in [-0.05, 0) is 54.9 Å². The van der Waals surface area contributed by atoms with Gasteiger partial charge in [0.15, 0.2) is 0 Å². The number of piperidine rings is 2. The van der Waals surface area contributed by atoms with E-state index in [-0.39, 0.29) is 12.5 Å². The van der Waals surface area contributed by atoms with Gasteiger partial charge >= 0.3 is 12.3 Å². The maximum Gasteiger partial charge on any atom is 0.410 e. The van der Waals surface area contributed by atoms with E-state index in [1.807, 2.05) is 36.4 Å². The topological polar surface area (TPSA) is 59.1 Å². The van der Waals surface area contributed by atoms with Gasteiger partial charge in [0.2, 0.25) is 5.91 Å². The molecule has 2 aromatic rings. The fourth-order valence-electron chi connectivity index (χ4n) is 7.40. The maximum atomic E-state index is 13.7. The van der Waals surface area contributed by atoms with Gasteiger partial charge in [-0.1, -0.05) is 81.4 Å². The van der Waals surface area contributed by atoms with Crippen LogP contribution in [0.4, 0.5) is 18.0 Å². The standard InChI is InChI=1S/C32H41F3N2O4Si/c1-30(2,3)40-29(39)37-24-17-21-18-25(37)28(27(24)36(20-21)26(38)19-32(33,34)35)41-42(31(4,5)6,22-13-9-7-10-14-22)23-15-11-8-12-16-23/h7-16,21,24-25,27-28H,17-20H2,1-6H3/t21-,24-,25+,27+,28+/m1/s1. The molecule has 0 radical (unpaired) electrons. The molecule has 42 heavy (non-hydrogen) atoms. The Kier molecular flexibility index (Phi) is 7.79. The van der Waals surface area contributed by atoms with Crippen LogP contribution in [0.15, 0.2) is 60.7 Å². The highest BCUT2D eigenvalue weighted by atomic mass is 28.4. The van der Waals surface area contributed by atoms with Crippen LogP contribution in [0.2, 0.25) is 5.04 Å². The van der Waals surface area contributed by atoms with E-state index in [0.717, 1.165) is 10.4 Å². The highest BCUT2D eigenvalue weighted by Crippen LogP contribution is 2.50. The van der Waals surface area contributed by atoms with Crippen molar-refractivity contribution >= 4 is 30.7 Å². The molecule has 3 heterocycles. The van der Waals surface area contributed by atoms with Gasteiger partial charge in [0, 0.05) is 6.54 Å². The lowest BCUT2D eigenvalue weighted by molar-refractivity contribution is -0.166. The first-order valence-electron chi connectivity index (χ1n) is 14.7. The summed E-state index contributed by atoms with van der Waals surface area (Å²) in [5.41, 5.74) is -0.757. The zero-order chi connectivity index (χ0) is 30.7. The number of benzene rings is 2. The lowest BCUT2D eigenvalue weighted by atomic mass is 9.86. The summed E-state index contributed by atoms with van der Waals surface area (Å²) in [6, 6.07) is 18.4. The second-order valence-corrected chi connectivity index (χ2v) is 18.2. The molecule has 2 amide bonds. The third-order valence-corrected chi connectivity index (χ3v) is 13.8. The predicted octanol–water partition coefficient (Wildman–Crippen LogP) is 5.49. The van der Waals surface area contributed by atoms with Crippen molar-refractivity contribution in [2.45, 2.75) is 102 Å². The van der Waals surface area contributed by atoms with E-state index in [1.165, 1.54) is 4.90 Å². The molecule has 3 aliphatic heterocycles. The number of carbonyl (C=O) groups is 2. The normalized spacial score (nSPS) is 26.0. The van der Waals surface area contributed by atoms with Crippen molar-refractivity contribution in [1.82, 2.24) is 9.80 Å². The van der Waals surface area contributed by atoms with Crippen LogP contribution in [-0.4, -0.2) is 72.7 Å². The highest BCUT2D eigenvalue weighted by molar-refractivity contribution is 6.99. The summed E-state index contributed by atoms with van der Waals surface area (Å²) in [6.07, 6.45) is -6.24. The molecular weight excluding hydrogens is 561 g/mol. The monoisotopic (exact) mass is 602 g/mol. The van der Waals surface area contributed by atoms with E-state index in [4.69, 9.17) is 9.16 Å². The van der Waals surface area contributed by atoms with Crippen molar-refractivity contribution in [3.63, 3.8) is 0 Å². The van der Waals surface area contributed by atoms with Crippen LogP contribution in [-0.2, 0) is 14.0 Å². The molecule has 228 valence electrons. The molecule has 5 atom stereocenters. The fourth-order valence-corrected chi connectivity index (χ4v) is 12.1. The molecule has 5 rings (SSSR count). The second-order valence-electron chi connectivity index (χ2n) is 13.9. The number of halogens is 3. The van der Waals surface area contributed by atoms with Gasteiger partial charge in [-0.25, -0.2) is 4.79 Å². The molecule has 0 aliphatic carbocycles. The van der Waals surface area contributed by atoms with Gasteiger partial charge in [-0.2, -0.15) is 13.2 Å². The SMILES string of the molecule is CC(C)(C)OC(=O)N1[C@@H]2C[C@@H]3C[C@H]1[C@H](O[Si](c1ccccc1)(c1ccccc1)C(C)(C)C)[C@H]2N(C(=O)CC(F)(F)F)C3. The average molecular weight is 603 g/mol. The zero-order valence-corrected chi connectivity index (χ0v) is 26.1. The van der Waals surface area contributed by atoms with E-state index in [0.29, 0.717) is 12.8 Å². The first-order chi connectivity index (χ1) is 19.5. The van der Waals surface area contributed by atoms with Crippen LogP contribution in [0.3, 0.4) is 0 Å². The molecule has 2 aromatic carbocycles. The summed E-state index contributed by atoms with van der Waals surface area (Å²) in [7, 11) is -3.18. The minimum absolute atomic E-state index is 0.0279. The van der Waals surface area contributed by atoms with Crippen LogP contribution >= 0.6 is 0 Å². The third kappa shape index (κ3) is 5.59. The number of rotatable bonds is 5. The Morgan fingerprint density at radius 3 is 1.86 bits per heavy atom. The zero-order valence-electron chi connectivity index (χ0n) is 25.1. The van der Waals surface area contributed by atoms with Gasteiger partial charge in [0.25, 0.3) is 8.32 Å². The van der Waals surface area contributed by atoms with Crippen molar-refractivity contribution in [2.24, 2.45) is 5.92 Å². The maximum absolute atomic E-state index is 13.7. The number of amides is 2. The lowest BCUT2D eigenvalue weighted by Crippen LogP contribution is -2.69. The number of carbonyl (C=O) groups excluding carboxylic acids is 2. The molecule has 0 spiro atoms. The quantitative estimate of drug-likeness (QED) is 0.425. The Morgan fingerprint density at radius 1 is 0.857 bits per heavy atom. The van der Waals surface area contributed by atoms with E-state index < -0.39 is 67.8 Å². The summed E-state index contributed by atoms with van der Waals surface area (Å²) in [4.78, 5) is 30.0. The number of alkyl halides is 3. The molecule has 3 fully saturated rings. The number of hydrogen-bond donors (Lipinski definition) is 0. The molecule has 3 aliphatic rings. The van der Waals surface area contributed by atoms with Gasteiger partial charge in [0.05, 0.1) is 24.2 Å². The molecule has 10 heteroatoms. The van der Waals surface area contributed by atoms with Gasteiger partial charge < -0.3 is 14.1 Å². The minimum atomic E-state index is -4.63. The van der Waals surface area contributed by atoms with Crippen molar-refractivity contribution in [3.05, 3.63) is 60.7 Å². The Bertz CT molecular complexity index is 1250. The largest absolute Gasteiger partial charge is 0.444 e. The van der Waals surface area contributed by atoms with Crippen LogP contribution in [0, 0.1) is 5.92 Å². The number of ether oxygens (including phenoxy) is 1. The molecule has 6 nitrogen and oxygen atoms in total. The smallest absolute Gasteiger partial charge is 0.410 e. The summed E-state index contributed by atoms with van der Waals surface area (Å²) in [6.45, 7) is 12.0. The molecule has 0 N–H and O–H groups in total. The van der Waals surface area contributed by atoms with Gasteiger partial charge in [-0.3, -0.25) is 9.69 Å². The number of likely N-dealkylation sites (tertiary alicyclic amines) is 1. The molecular formula is C32H41F3N2O4Si.